The third-order valence-corrected chi connectivity index (χ3v) is 8.97. The highest BCUT2D eigenvalue weighted by atomic mass is 32.3. The van der Waals surface area contributed by atoms with Crippen molar-refractivity contribution in [2.24, 2.45) is 5.92 Å². The molecule has 198 valence electrons. The van der Waals surface area contributed by atoms with Gasteiger partial charge in [0.1, 0.15) is 11.6 Å². The molecule has 2 aliphatic heterocycles. The molecule has 0 aromatic heterocycles. The Morgan fingerprint density at radius 1 is 1.05 bits per heavy atom. The number of benzene rings is 2. The molecule has 3 aliphatic rings. The van der Waals surface area contributed by atoms with E-state index in [1.165, 1.54) is 0 Å². The maximum atomic E-state index is 14.6. The largest absolute Gasteiger partial charge is 0.338 e. The van der Waals surface area contributed by atoms with Crippen LogP contribution in [0.1, 0.15) is 30.0 Å². The lowest BCUT2D eigenvalue weighted by Gasteiger charge is -2.41. The monoisotopic (exact) mass is 531 g/mol. The topological polar surface area (TPSA) is 93.1 Å². The molecular formula is C27H31F2N3O4S. The van der Waals surface area contributed by atoms with Gasteiger partial charge in [0.25, 0.3) is 0 Å². The van der Waals surface area contributed by atoms with Crippen molar-refractivity contribution in [1.82, 2.24) is 15.1 Å². The van der Waals surface area contributed by atoms with E-state index in [1.54, 1.807) is 9.80 Å². The predicted octanol–water partition coefficient (Wildman–Crippen LogP) is 3.89. The van der Waals surface area contributed by atoms with Gasteiger partial charge in [-0.1, -0.05) is 36.4 Å². The first-order valence-electron chi connectivity index (χ1n) is 12.5. The van der Waals surface area contributed by atoms with Gasteiger partial charge in [-0.15, -0.1) is 0 Å². The zero-order valence-electron chi connectivity index (χ0n) is 20.4. The van der Waals surface area contributed by atoms with Crippen molar-refractivity contribution < 1.29 is 27.5 Å². The number of rotatable bonds is 7. The summed E-state index contributed by atoms with van der Waals surface area (Å²) in [5.74, 6) is -1.03. The highest BCUT2D eigenvalue weighted by Gasteiger charge is 2.42. The van der Waals surface area contributed by atoms with Gasteiger partial charge >= 0.3 is 0 Å². The molecule has 2 fully saturated rings. The standard InChI is InChI=1S/C27H31F2N3O4S/c28-21-8-9-23(29)22(15-21)20-14-24(18-4-2-1-3-5-18)32(17-20)27(34)26(19-6-7-19)30-16-25(33)31-10-12-37(35,36)13-11-31/h1-5,8-9,14-15,19,24,26,30,35-36H,6-7,10-13,16-17H2/t24-,26-/m0/s1. The lowest BCUT2D eigenvalue weighted by Crippen LogP contribution is -2.52. The molecule has 1 aliphatic carbocycles. The fourth-order valence-electron chi connectivity index (χ4n) is 5.02. The number of amides is 2. The lowest BCUT2D eigenvalue weighted by molar-refractivity contribution is -0.135. The number of carbonyl (C=O) groups excluding carboxylic acids is 2. The Hall–Kier alpha value is -2.79. The number of nitrogens with zero attached hydrogens (tertiary/aromatic N) is 2. The molecule has 7 nitrogen and oxygen atoms in total. The number of nitrogens with one attached hydrogen (secondary N) is 1. The summed E-state index contributed by atoms with van der Waals surface area (Å²) < 4.78 is 48.2. The molecule has 2 amide bonds. The molecule has 1 saturated heterocycles. The molecule has 2 aromatic rings. The van der Waals surface area contributed by atoms with Crippen molar-refractivity contribution in [3.63, 3.8) is 0 Å². The first kappa shape index (κ1) is 25.8. The van der Waals surface area contributed by atoms with Gasteiger partial charge in [0.15, 0.2) is 0 Å². The van der Waals surface area contributed by atoms with E-state index >= 15 is 0 Å². The highest BCUT2D eigenvalue weighted by molar-refractivity contribution is 8.24. The number of carbonyl (C=O) groups is 2. The van der Waals surface area contributed by atoms with Crippen LogP contribution >= 0.6 is 10.6 Å². The molecule has 0 radical (unpaired) electrons. The maximum Gasteiger partial charge on any atom is 0.241 e. The van der Waals surface area contributed by atoms with Crippen molar-refractivity contribution in [3.8, 4) is 0 Å². The van der Waals surface area contributed by atoms with E-state index in [1.807, 2.05) is 36.4 Å². The molecule has 5 rings (SSSR count). The molecule has 2 aromatic carbocycles. The molecule has 0 bridgehead atoms. The Bertz CT molecular complexity index is 1200. The van der Waals surface area contributed by atoms with E-state index in [-0.39, 0.29) is 61.0 Å². The second kappa shape index (κ2) is 10.5. The Balaban J connectivity index is 1.34. The van der Waals surface area contributed by atoms with Crippen LogP contribution < -0.4 is 5.32 Å². The van der Waals surface area contributed by atoms with Crippen molar-refractivity contribution in [2.75, 3.05) is 37.7 Å². The fraction of sp³-hybridized carbons (Fsp3) is 0.407. The van der Waals surface area contributed by atoms with Gasteiger partial charge < -0.3 is 9.80 Å². The average Bonchev–Trinajstić information content (AvgIpc) is 3.62. The van der Waals surface area contributed by atoms with E-state index in [0.29, 0.717) is 5.57 Å². The molecule has 0 spiro atoms. The van der Waals surface area contributed by atoms with Crippen molar-refractivity contribution in [2.45, 2.75) is 24.9 Å². The highest BCUT2D eigenvalue weighted by Crippen LogP contribution is 2.41. The summed E-state index contributed by atoms with van der Waals surface area (Å²) in [4.78, 5) is 29.9. The molecule has 37 heavy (non-hydrogen) atoms. The van der Waals surface area contributed by atoms with Crippen molar-refractivity contribution in [1.29, 1.82) is 0 Å². The average molecular weight is 532 g/mol. The van der Waals surface area contributed by atoms with E-state index < -0.39 is 34.3 Å². The maximum absolute atomic E-state index is 14.6. The van der Waals surface area contributed by atoms with Gasteiger partial charge in [-0.2, -0.15) is 10.6 Å². The number of hydrogen-bond acceptors (Lipinski definition) is 5. The third-order valence-electron chi connectivity index (χ3n) is 7.30. The van der Waals surface area contributed by atoms with Crippen molar-refractivity contribution >= 4 is 28.0 Å². The summed E-state index contributed by atoms with van der Waals surface area (Å²) in [5.41, 5.74) is 1.54. The Morgan fingerprint density at radius 2 is 1.76 bits per heavy atom. The molecule has 2 heterocycles. The first-order chi connectivity index (χ1) is 17.7. The van der Waals surface area contributed by atoms with E-state index in [4.69, 9.17) is 0 Å². The van der Waals surface area contributed by atoms with Crippen LogP contribution in [0.15, 0.2) is 54.6 Å². The minimum Gasteiger partial charge on any atom is -0.338 e. The zero-order valence-corrected chi connectivity index (χ0v) is 21.2. The molecule has 3 N–H and O–H groups in total. The Labute approximate surface area is 216 Å². The summed E-state index contributed by atoms with van der Waals surface area (Å²) in [5, 5.41) is 3.17. The summed E-state index contributed by atoms with van der Waals surface area (Å²) in [7, 11) is -2.61. The fourth-order valence-corrected chi connectivity index (χ4v) is 6.25. The third kappa shape index (κ3) is 5.87. The minimum absolute atomic E-state index is 0.0330. The van der Waals surface area contributed by atoms with E-state index in [0.717, 1.165) is 36.6 Å². The van der Waals surface area contributed by atoms with E-state index in [9.17, 15) is 27.5 Å². The summed E-state index contributed by atoms with van der Waals surface area (Å²) >= 11 is 0. The normalized spacial score (nSPS) is 22.9. The second-order valence-electron chi connectivity index (χ2n) is 9.92. The predicted molar refractivity (Wildman–Crippen MR) is 139 cm³/mol. The summed E-state index contributed by atoms with van der Waals surface area (Å²) in [6.45, 7) is 0.648. The van der Waals surface area contributed by atoms with Crippen LogP contribution in [0.25, 0.3) is 5.57 Å². The molecule has 2 atom stereocenters. The minimum atomic E-state index is -2.61. The SMILES string of the molecule is O=C(CN[C@H](C(=O)N1CC(c2cc(F)ccc2F)=C[C@H]1c1ccccc1)C1CC1)N1CCS(O)(O)CC1. The Morgan fingerprint density at radius 3 is 2.43 bits per heavy atom. The lowest BCUT2D eigenvalue weighted by atomic mass is 10.0. The van der Waals surface area contributed by atoms with Crippen LogP contribution in [0, 0.1) is 17.6 Å². The van der Waals surface area contributed by atoms with Crippen LogP contribution in [0.3, 0.4) is 0 Å². The quantitative estimate of drug-likeness (QED) is 0.504. The number of hydrogen-bond donors (Lipinski definition) is 3. The number of halogens is 2. The molecule has 0 unspecified atom stereocenters. The van der Waals surface area contributed by atoms with Crippen molar-refractivity contribution in [3.05, 3.63) is 77.4 Å². The van der Waals surface area contributed by atoms with Gasteiger partial charge in [-0.25, -0.2) is 8.78 Å². The van der Waals surface area contributed by atoms with E-state index in [2.05, 4.69) is 5.32 Å². The van der Waals surface area contributed by atoms with Gasteiger partial charge in [0.2, 0.25) is 11.8 Å². The van der Waals surface area contributed by atoms with Crippen LogP contribution in [-0.2, 0) is 9.59 Å². The van der Waals surface area contributed by atoms with Gasteiger partial charge in [-0.05, 0) is 48.1 Å². The van der Waals surface area contributed by atoms with Gasteiger partial charge in [0.05, 0.1) is 30.1 Å². The summed E-state index contributed by atoms with van der Waals surface area (Å²) in [6, 6.07) is 11.7. The smallest absolute Gasteiger partial charge is 0.241 e. The van der Waals surface area contributed by atoms with Crippen LogP contribution in [-0.4, -0.2) is 74.4 Å². The second-order valence-corrected chi connectivity index (χ2v) is 12.3. The van der Waals surface area contributed by atoms with Gasteiger partial charge in [-0.3, -0.25) is 24.0 Å². The van der Waals surface area contributed by atoms with Gasteiger partial charge in [0, 0.05) is 25.2 Å². The molecule has 1 saturated carbocycles. The molecular weight excluding hydrogens is 500 g/mol. The van der Waals surface area contributed by atoms with Crippen LogP contribution in [0.4, 0.5) is 8.78 Å². The zero-order chi connectivity index (χ0) is 26.2. The van der Waals surface area contributed by atoms with Crippen LogP contribution in [0.2, 0.25) is 0 Å². The first-order valence-corrected chi connectivity index (χ1v) is 14.4. The van der Waals surface area contributed by atoms with Crippen LogP contribution in [0.5, 0.6) is 0 Å². The molecule has 10 heteroatoms. The summed E-state index contributed by atoms with van der Waals surface area (Å²) in [6.07, 6.45) is 3.54. The Kier molecular flexibility index (Phi) is 7.35.